The molecular weight excluding hydrogens is 363 g/mol. The first-order valence-electron chi connectivity index (χ1n) is 9.73. The van der Waals surface area contributed by atoms with Crippen molar-refractivity contribution >= 4 is 17.5 Å². The average molecular weight is 390 g/mol. The second kappa shape index (κ2) is 10.7. The fourth-order valence-corrected chi connectivity index (χ4v) is 3.66. The Morgan fingerprint density at radius 3 is 2.68 bits per heavy atom. The average Bonchev–Trinajstić information content (AvgIpc) is 3.02. The molecule has 1 aromatic rings. The second-order valence-corrected chi connectivity index (χ2v) is 7.19. The highest BCUT2D eigenvalue weighted by atomic mass is 19.1. The van der Waals surface area contributed by atoms with Gasteiger partial charge in [-0.2, -0.15) is 0 Å². The van der Waals surface area contributed by atoms with Crippen molar-refractivity contribution < 1.29 is 28.6 Å². The molecule has 0 radical (unpaired) electrons. The van der Waals surface area contributed by atoms with Crippen molar-refractivity contribution in [3.63, 3.8) is 0 Å². The van der Waals surface area contributed by atoms with Crippen LogP contribution in [0.25, 0.3) is 0 Å². The first-order chi connectivity index (χ1) is 13.4. The molecule has 6 heteroatoms. The van der Waals surface area contributed by atoms with Crippen LogP contribution in [0.2, 0.25) is 0 Å². The SMILES string of the molecule is COc1ccc(C(=O)/C=C/C2CCC(=O)C2CCCCCCC(=O)O)cc1F. The summed E-state index contributed by atoms with van der Waals surface area (Å²) >= 11 is 0. The summed E-state index contributed by atoms with van der Waals surface area (Å²) in [6.07, 6.45) is 8.67. The number of hydrogen-bond acceptors (Lipinski definition) is 4. The van der Waals surface area contributed by atoms with Gasteiger partial charge < -0.3 is 9.84 Å². The van der Waals surface area contributed by atoms with Gasteiger partial charge in [0.15, 0.2) is 17.3 Å². The number of benzene rings is 1. The van der Waals surface area contributed by atoms with Crippen LogP contribution in [0.3, 0.4) is 0 Å². The van der Waals surface area contributed by atoms with Crippen molar-refractivity contribution in [3.05, 3.63) is 41.7 Å². The van der Waals surface area contributed by atoms with E-state index in [4.69, 9.17) is 9.84 Å². The number of rotatable bonds is 11. The molecule has 1 N–H and O–H groups in total. The highest BCUT2D eigenvalue weighted by Crippen LogP contribution is 2.34. The third-order valence-corrected chi connectivity index (χ3v) is 5.24. The molecular formula is C22H27FO5. The number of allylic oxidation sites excluding steroid dienone is 2. The molecule has 1 aromatic carbocycles. The first-order valence-corrected chi connectivity index (χ1v) is 9.73. The lowest BCUT2D eigenvalue weighted by atomic mass is 9.89. The van der Waals surface area contributed by atoms with E-state index in [0.717, 1.165) is 38.2 Å². The van der Waals surface area contributed by atoms with E-state index in [-0.39, 0.29) is 41.1 Å². The van der Waals surface area contributed by atoms with Gasteiger partial charge in [-0.3, -0.25) is 14.4 Å². The van der Waals surface area contributed by atoms with Gasteiger partial charge in [-0.15, -0.1) is 0 Å². The van der Waals surface area contributed by atoms with Crippen molar-refractivity contribution in [1.29, 1.82) is 0 Å². The van der Waals surface area contributed by atoms with E-state index in [2.05, 4.69) is 0 Å². The van der Waals surface area contributed by atoms with Crippen LogP contribution < -0.4 is 4.74 Å². The van der Waals surface area contributed by atoms with Gasteiger partial charge in [0.1, 0.15) is 5.78 Å². The number of ketones is 2. The predicted molar refractivity (Wildman–Crippen MR) is 103 cm³/mol. The molecule has 1 aliphatic rings. The number of halogens is 1. The zero-order valence-corrected chi connectivity index (χ0v) is 16.2. The molecule has 28 heavy (non-hydrogen) atoms. The minimum atomic E-state index is -0.780. The van der Waals surface area contributed by atoms with Crippen LogP contribution in [-0.4, -0.2) is 29.8 Å². The molecule has 0 saturated heterocycles. The normalized spacial score (nSPS) is 19.3. The van der Waals surface area contributed by atoms with E-state index < -0.39 is 11.8 Å². The molecule has 5 nitrogen and oxygen atoms in total. The van der Waals surface area contributed by atoms with Crippen molar-refractivity contribution in [2.75, 3.05) is 7.11 Å². The van der Waals surface area contributed by atoms with Crippen LogP contribution >= 0.6 is 0 Å². The topological polar surface area (TPSA) is 80.7 Å². The van der Waals surface area contributed by atoms with Crippen molar-refractivity contribution in [2.45, 2.75) is 51.4 Å². The lowest BCUT2D eigenvalue weighted by molar-refractivity contribution is -0.137. The summed E-state index contributed by atoms with van der Waals surface area (Å²) in [5.74, 6) is -1.41. The number of hydrogen-bond donors (Lipinski definition) is 1. The summed E-state index contributed by atoms with van der Waals surface area (Å²) in [5.41, 5.74) is 0.244. The molecule has 1 aliphatic carbocycles. The Morgan fingerprint density at radius 2 is 2.00 bits per heavy atom. The van der Waals surface area contributed by atoms with Crippen molar-refractivity contribution in [2.24, 2.45) is 11.8 Å². The van der Waals surface area contributed by atoms with Gasteiger partial charge in [0.25, 0.3) is 0 Å². The van der Waals surface area contributed by atoms with E-state index in [1.54, 1.807) is 6.08 Å². The van der Waals surface area contributed by atoms with E-state index in [1.165, 1.54) is 25.3 Å². The monoisotopic (exact) mass is 390 g/mol. The number of Topliss-reactive ketones (excluding diaryl/α,β-unsaturated/α-hetero) is 1. The Balaban J connectivity index is 1.87. The molecule has 2 rings (SSSR count). The maximum Gasteiger partial charge on any atom is 0.303 e. The standard InChI is InChI=1S/C22H27FO5/c1-28-21-13-10-16(14-18(21)23)19(24)11-8-15-9-12-20(25)17(15)6-4-2-3-5-7-22(26)27/h8,10-11,13-15,17H,2-7,9,12H2,1H3,(H,26,27)/b11-8+. The molecule has 0 aromatic heterocycles. The van der Waals surface area contributed by atoms with E-state index in [0.29, 0.717) is 12.8 Å². The molecule has 0 aliphatic heterocycles. The number of methoxy groups -OCH3 is 1. The van der Waals surface area contributed by atoms with Crippen LogP contribution in [0.4, 0.5) is 4.39 Å². The molecule has 0 bridgehead atoms. The Kier molecular flexibility index (Phi) is 8.36. The van der Waals surface area contributed by atoms with Crippen molar-refractivity contribution in [1.82, 2.24) is 0 Å². The van der Waals surface area contributed by atoms with E-state index >= 15 is 0 Å². The molecule has 0 amide bonds. The second-order valence-electron chi connectivity index (χ2n) is 7.19. The van der Waals surface area contributed by atoms with Gasteiger partial charge in [-0.1, -0.05) is 25.3 Å². The fraction of sp³-hybridized carbons (Fsp3) is 0.500. The number of carbonyl (C=O) groups is 3. The number of carboxylic acids is 1. The molecule has 0 heterocycles. The zero-order chi connectivity index (χ0) is 20.5. The quantitative estimate of drug-likeness (QED) is 0.339. The van der Waals surface area contributed by atoms with Gasteiger partial charge in [-0.25, -0.2) is 4.39 Å². The summed E-state index contributed by atoms with van der Waals surface area (Å²) < 4.78 is 18.6. The largest absolute Gasteiger partial charge is 0.494 e. The van der Waals surface area contributed by atoms with Crippen LogP contribution in [0.15, 0.2) is 30.4 Å². The molecule has 152 valence electrons. The highest BCUT2D eigenvalue weighted by Gasteiger charge is 2.32. The number of carbonyl (C=O) groups excluding carboxylic acids is 2. The molecule has 1 fully saturated rings. The number of ether oxygens (including phenoxy) is 1. The van der Waals surface area contributed by atoms with E-state index in [9.17, 15) is 18.8 Å². The van der Waals surface area contributed by atoms with Crippen LogP contribution in [0, 0.1) is 17.7 Å². The maximum absolute atomic E-state index is 13.8. The first kappa shape index (κ1) is 21.8. The van der Waals surface area contributed by atoms with Crippen LogP contribution in [0.5, 0.6) is 5.75 Å². The summed E-state index contributed by atoms with van der Waals surface area (Å²) in [6, 6.07) is 4.09. The molecule has 2 atom stereocenters. The predicted octanol–water partition coefficient (Wildman–Crippen LogP) is 4.59. The molecule has 1 saturated carbocycles. The lowest BCUT2D eigenvalue weighted by Crippen LogP contribution is -2.13. The maximum atomic E-state index is 13.8. The Morgan fingerprint density at radius 1 is 1.25 bits per heavy atom. The summed E-state index contributed by atoms with van der Waals surface area (Å²) in [4.78, 5) is 35.0. The number of unbranched alkanes of at least 4 members (excludes halogenated alkanes) is 3. The fourth-order valence-electron chi connectivity index (χ4n) is 3.66. The summed E-state index contributed by atoms with van der Waals surface area (Å²) in [5, 5.41) is 8.63. The van der Waals surface area contributed by atoms with Crippen LogP contribution in [0.1, 0.15) is 61.7 Å². The third kappa shape index (κ3) is 6.29. The van der Waals surface area contributed by atoms with Gasteiger partial charge >= 0.3 is 5.97 Å². The van der Waals surface area contributed by atoms with Gasteiger partial charge in [-0.05, 0) is 49.5 Å². The smallest absolute Gasteiger partial charge is 0.303 e. The van der Waals surface area contributed by atoms with Crippen molar-refractivity contribution in [3.8, 4) is 5.75 Å². The zero-order valence-electron chi connectivity index (χ0n) is 16.2. The summed E-state index contributed by atoms with van der Waals surface area (Å²) in [6.45, 7) is 0. The van der Waals surface area contributed by atoms with Gasteiger partial charge in [0.2, 0.25) is 0 Å². The Hall–Kier alpha value is -2.50. The van der Waals surface area contributed by atoms with E-state index in [1.807, 2.05) is 0 Å². The summed E-state index contributed by atoms with van der Waals surface area (Å²) in [7, 11) is 1.36. The minimum absolute atomic E-state index is 0.0264. The Labute approximate surface area is 164 Å². The Bertz CT molecular complexity index is 740. The molecule has 2 unspecified atom stereocenters. The van der Waals surface area contributed by atoms with Crippen LogP contribution in [-0.2, 0) is 9.59 Å². The van der Waals surface area contributed by atoms with Gasteiger partial charge in [0, 0.05) is 24.3 Å². The lowest BCUT2D eigenvalue weighted by Gasteiger charge is -2.14. The third-order valence-electron chi connectivity index (χ3n) is 5.24. The highest BCUT2D eigenvalue weighted by molar-refractivity contribution is 6.04. The van der Waals surface area contributed by atoms with Gasteiger partial charge in [0.05, 0.1) is 7.11 Å². The number of aliphatic carboxylic acids is 1. The minimum Gasteiger partial charge on any atom is -0.494 e. The number of carboxylic acid groups (broad SMARTS) is 1. The molecule has 0 spiro atoms.